The van der Waals surface area contributed by atoms with Gasteiger partial charge in [-0.1, -0.05) is 31.7 Å². The summed E-state index contributed by atoms with van der Waals surface area (Å²) >= 11 is 0. The molecular weight excluding hydrogens is 372 g/mol. The lowest BCUT2D eigenvalue weighted by Crippen LogP contribution is -2.51. The van der Waals surface area contributed by atoms with Gasteiger partial charge in [0, 0.05) is 25.0 Å². The summed E-state index contributed by atoms with van der Waals surface area (Å²) in [6.07, 6.45) is 7.12. The minimum Gasteiger partial charge on any atom is -0.504 e. The van der Waals surface area contributed by atoms with Gasteiger partial charge in [0.05, 0.1) is 7.11 Å². The van der Waals surface area contributed by atoms with E-state index < -0.39 is 6.09 Å². The Morgan fingerprint density at radius 2 is 1.90 bits per heavy atom. The number of rotatable bonds is 5. The van der Waals surface area contributed by atoms with Gasteiger partial charge in [0.2, 0.25) is 5.91 Å². The number of benzene rings is 1. The molecule has 160 valence electrons. The van der Waals surface area contributed by atoms with Gasteiger partial charge in [0.25, 0.3) is 0 Å². The lowest BCUT2D eigenvalue weighted by molar-refractivity contribution is -0.127. The SMILES string of the molecule is COc1cc(CNC(=O)C2CCN(C(=O)O)C(C3CCCCCC3)C2)ccc1O. The summed E-state index contributed by atoms with van der Waals surface area (Å²) in [5.74, 6) is 0.596. The van der Waals surface area contributed by atoms with Crippen LogP contribution in [0.4, 0.5) is 4.79 Å². The predicted molar refractivity (Wildman–Crippen MR) is 109 cm³/mol. The number of methoxy groups -OCH3 is 1. The van der Waals surface area contributed by atoms with E-state index in [0.29, 0.717) is 37.6 Å². The minimum atomic E-state index is -0.866. The first-order chi connectivity index (χ1) is 14.0. The number of piperidine rings is 1. The topological polar surface area (TPSA) is 99.1 Å². The molecule has 0 aromatic heterocycles. The summed E-state index contributed by atoms with van der Waals surface area (Å²) in [7, 11) is 1.49. The standard InChI is InChI=1S/C22H32N2O5/c1-29-20-12-15(8-9-19(20)25)14-23-21(26)17-10-11-24(22(27)28)18(13-17)16-6-4-2-3-5-7-16/h8-9,12,16-18,25H,2-7,10-11,13-14H2,1H3,(H,23,26)(H,27,28). The third-order valence-electron chi connectivity index (χ3n) is 6.42. The van der Waals surface area contributed by atoms with Gasteiger partial charge in [-0.25, -0.2) is 4.79 Å². The van der Waals surface area contributed by atoms with E-state index in [4.69, 9.17) is 4.74 Å². The van der Waals surface area contributed by atoms with Crippen LogP contribution < -0.4 is 10.1 Å². The number of carbonyl (C=O) groups excluding carboxylic acids is 1. The lowest BCUT2D eigenvalue weighted by atomic mass is 9.80. The highest BCUT2D eigenvalue weighted by atomic mass is 16.5. The number of phenols is 1. The van der Waals surface area contributed by atoms with Crippen LogP contribution in [-0.2, 0) is 11.3 Å². The Hall–Kier alpha value is -2.44. The number of carbonyl (C=O) groups is 2. The molecule has 7 nitrogen and oxygen atoms in total. The van der Waals surface area contributed by atoms with Crippen molar-refractivity contribution in [3.63, 3.8) is 0 Å². The third kappa shape index (κ3) is 5.34. The first kappa shape index (κ1) is 21.3. The maximum absolute atomic E-state index is 12.8. The van der Waals surface area contributed by atoms with Crippen molar-refractivity contribution in [2.45, 2.75) is 64.0 Å². The van der Waals surface area contributed by atoms with Crippen LogP contribution in [0.3, 0.4) is 0 Å². The van der Waals surface area contributed by atoms with Gasteiger partial charge in [-0.3, -0.25) is 4.79 Å². The highest BCUT2D eigenvalue weighted by Gasteiger charge is 2.38. The molecule has 3 N–H and O–H groups in total. The molecule has 1 saturated heterocycles. The molecule has 0 radical (unpaired) electrons. The quantitative estimate of drug-likeness (QED) is 0.649. The fourth-order valence-electron chi connectivity index (χ4n) is 4.78. The van der Waals surface area contributed by atoms with Crippen LogP contribution in [-0.4, -0.2) is 46.8 Å². The second-order valence-corrected chi connectivity index (χ2v) is 8.24. The summed E-state index contributed by atoms with van der Waals surface area (Å²) in [6.45, 7) is 0.768. The molecule has 2 atom stereocenters. The van der Waals surface area contributed by atoms with Gasteiger partial charge in [-0.05, 0) is 49.3 Å². The van der Waals surface area contributed by atoms with Crippen molar-refractivity contribution in [1.82, 2.24) is 10.2 Å². The summed E-state index contributed by atoms with van der Waals surface area (Å²) in [4.78, 5) is 26.1. The van der Waals surface area contributed by atoms with E-state index >= 15 is 0 Å². The molecule has 3 rings (SSSR count). The Labute approximate surface area is 172 Å². The number of aromatic hydroxyl groups is 1. The van der Waals surface area contributed by atoms with Crippen LogP contribution in [0.2, 0.25) is 0 Å². The molecule has 1 aromatic rings. The van der Waals surface area contributed by atoms with E-state index in [-0.39, 0.29) is 23.6 Å². The van der Waals surface area contributed by atoms with Crippen molar-refractivity contribution in [2.75, 3.05) is 13.7 Å². The number of amides is 2. The molecule has 29 heavy (non-hydrogen) atoms. The minimum absolute atomic E-state index is 0.0271. The smallest absolute Gasteiger partial charge is 0.407 e. The monoisotopic (exact) mass is 404 g/mol. The van der Waals surface area contributed by atoms with Crippen LogP contribution in [0.1, 0.15) is 56.9 Å². The molecular formula is C22H32N2O5. The van der Waals surface area contributed by atoms with Gasteiger partial charge in [0.15, 0.2) is 11.5 Å². The molecule has 2 unspecified atom stereocenters. The summed E-state index contributed by atoms with van der Waals surface area (Å²) in [5.41, 5.74) is 0.844. The van der Waals surface area contributed by atoms with E-state index in [0.717, 1.165) is 31.2 Å². The number of carboxylic acid groups (broad SMARTS) is 1. The number of nitrogens with zero attached hydrogens (tertiary/aromatic N) is 1. The van der Waals surface area contributed by atoms with E-state index in [1.54, 1.807) is 23.1 Å². The Morgan fingerprint density at radius 1 is 1.17 bits per heavy atom. The maximum Gasteiger partial charge on any atom is 0.407 e. The number of hydrogen-bond donors (Lipinski definition) is 3. The Balaban J connectivity index is 1.62. The summed E-state index contributed by atoms with van der Waals surface area (Å²) in [5, 5.41) is 22.3. The van der Waals surface area contributed by atoms with Gasteiger partial charge < -0.3 is 25.2 Å². The highest BCUT2D eigenvalue weighted by Crippen LogP contribution is 2.35. The number of hydrogen-bond acceptors (Lipinski definition) is 4. The second-order valence-electron chi connectivity index (χ2n) is 8.24. The molecule has 2 fully saturated rings. The van der Waals surface area contributed by atoms with E-state index in [1.165, 1.54) is 20.0 Å². The molecule has 1 aliphatic heterocycles. The van der Waals surface area contributed by atoms with E-state index in [9.17, 15) is 19.8 Å². The number of nitrogens with one attached hydrogen (secondary N) is 1. The highest BCUT2D eigenvalue weighted by molar-refractivity contribution is 5.79. The average molecular weight is 405 g/mol. The van der Waals surface area contributed by atoms with Gasteiger partial charge in [0.1, 0.15) is 0 Å². The molecule has 1 aromatic carbocycles. The van der Waals surface area contributed by atoms with E-state index in [1.807, 2.05) is 0 Å². The fourth-order valence-corrected chi connectivity index (χ4v) is 4.78. The Bertz CT molecular complexity index is 715. The molecule has 0 spiro atoms. The molecule has 7 heteroatoms. The Kier molecular flexibility index (Phi) is 7.23. The summed E-state index contributed by atoms with van der Waals surface area (Å²) in [6, 6.07) is 4.94. The average Bonchev–Trinajstić information content (AvgIpc) is 3.02. The van der Waals surface area contributed by atoms with Crippen LogP contribution in [0.5, 0.6) is 11.5 Å². The van der Waals surface area contributed by atoms with Crippen molar-refractivity contribution in [1.29, 1.82) is 0 Å². The molecule has 2 aliphatic rings. The van der Waals surface area contributed by atoms with Crippen LogP contribution in [0.15, 0.2) is 18.2 Å². The number of ether oxygens (including phenoxy) is 1. The fraction of sp³-hybridized carbons (Fsp3) is 0.636. The zero-order valence-electron chi connectivity index (χ0n) is 17.1. The summed E-state index contributed by atoms with van der Waals surface area (Å²) < 4.78 is 5.11. The zero-order valence-corrected chi connectivity index (χ0v) is 17.1. The second kappa shape index (κ2) is 9.85. The van der Waals surface area contributed by atoms with Crippen molar-refractivity contribution in [3.8, 4) is 11.5 Å². The first-order valence-electron chi connectivity index (χ1n) is 10.6. The number of phenolic OH excluding ortho intramolecular Hbond substituents is 1. The molecule has 1 heterocycles. The van der Waals surface area contributed by atoms with Gasteiger partial charge in [-0.15, -0.1) is 0 Å². The van der Waals surface area contributed by atoms with Crippen LogP contribution >= 0.6 is 0 Å². The van der Waals surface area contributed by atoms with Gasteiger partial charge >= 0.3 is 6.09 Å². The number of likely N-dealkylation sites (tertiary alicyclic amines) is 1. The van der Waals surface area contributed by atoms with Crippen LogP contribution in [0, 0.1) is 11.8 Å². The van der Waals surface area contributed by atoms with Crippen molar-refractivity contribution >= 4 is 12.0 Å². The zero-order chi connectivity index (χ0) is 20.8. The largest absolute Gasteiger partial charge is 0.504 e. The normalized spacial score (nSPS) is 23.3. The van der Waals surface area contributed by atoms with Crippen molar-refractivity contribution in [2.24, 2.45) is 11.8 Å². The third-order valence-corrected chi connectivity index (χ3v) is 6.42. The first-order valence-corrected chi connectivity index (χ1v) is 10.6. The maximum atomic E-state index is 12.8. The van der Waals surface area contributed by atoms with Crippen molar-refractivity contribution < 1.29 is 24.5 Å². The molecule has 0 bridgehead atoms. The van der Waals surface area contributed by atoms with Crippen molar-refractivity contribution in [3.05, 3.63) is 23.8 Å². The Morgan fingerprint density at radius 3 is 2.55 bits per heavy atom. The van der Waals surface area contributed by atoms with Gasteiger partial charge in [-0.2, -0.15) is 0 Å². The molecule has 2 amide bonds. The van der Waals surface area contributed by atoms with Crippen LogP contribution in [0.25, 0.3) is 0 Å². The lowest BCUT2D eigenvalue weighted by Gasteiger charge is -2.41. The van der Waals surface area contributed by atoms with E-state index in [2.05, 4.69) is 5.32 Å². The molecule has 1 aliphatic carbocycles. The molecule has 1 saturated carbocycles. The predicted octanol–water partition coefficient (Wildman–Crippen LogP) is 3.75.